The van der Waals surface area contributed by atoms with Gasteiger partial charge >= 0.3 is 16.3 Å². The van der Waals surface area contributed by atoms with E-state index in [2.05, 4.69) is 25.2 Å². The SMILES string of the molecule is CC(=O)OS(=O)(=O)NC1CCCc2c(-c3nnc(-c4cccc(OC(C)C)c4C#N)s3)cccc21. The van der Waals surface area contributed by atoms with Gasteiger partial charge in [-0.2, -0.15) is 18.4 Å². The molecule has 182 valence electrons. The molecular formula is C24H24N4O5S2. The number of nitriles is 1. The summed E-state index contributed by atoms with van der Waals surface area (Å²) in [4.78, 5) is 11.1. The molecule has 0 radical (unpaired) electrons. The van der Waals surface area contributed by atoms with E-state index in [1.165, 1.54) is 11.3 Å². The summed E-state index contributed by atoms with van der Waals surface area (Å²) in [6.07, 6.45) is 1.99. The molecule has 1 aliphatic rings. The molecule has 0 aliphatic heterocycles. The van der Waals surface area contributed by atoms with Gasteiger partial charge in [0.2, 0.25) is 0 Å². The highest BCUT2D eigenvalue weighted by Gasteiger charge is 2.28. The van der Waals surface area contributed by atoms with Crippen LogP contribution in [-0.2, 0) is 25.7 Å². The molecule has 0 saturated carbocycles. The topological polar surface area (TPSA) is 131 Å². The number of hydrogen-bond acceptors (Lipinski definition) is 9. The van der Waals surface area contributed by atoms with Crippen LogP contribution in [0.4, 0.5) is 0 Å². The second kappa shape index (κ2) is 10.1. The number of hydrogen-bond donors (Lipinski definition) is 1. The lowest BCUT2D eigenvalue weighted by Gasteiger charge is -2.27. The lowest BCUT2D eigenvalue weighted by Crippen LogP contribution is -2.33. The van der Waals surface area contributed by atoms with Crippen molar-refractivity contribution in [3.05, 3.63) is 53.1 Å². The lowest BCUT2D eigenvalue weighted by molar-refractivity contribution is -0.131. The summed E-state index contributed by atoms with van der Waals surface area (Å²) in [5.74, 6) is -0.403. The second-order valence-corrected chi connectivity index (χ2v) is 10.6. The molecule has 1 atom stereocenters. The summed E-state index contributed by atoms with van der Waals surface area (Å²) in [6, 6.07) is 12.7. The van der Waals surface area contributed by atoms with Gasteiger partial charge in [-0.1, -0.05) is 41.7 Å². The number of nitrogens with one attached hydrogen (secondary N) is 1. The summed E-state index contributed by atoms with van der Waals surface area (Å²) in [5.41, 5.74) is 3.68. The fourth-order valence-corrected chi connectivity index (χ4v) is 6.02. The molecule has 4 rings (SSSR count). The summed E-state index contributed by atoms with van der Waals surface area (Å²) >= 11 is 1.35. The first-order valence-corrected chi connectivity index (χ1v) is 13.3. The Morgan fingerprint density at radius 3 is 2.54 bits per heavy atom. The van der Waals surface area contributed by atoms with Crippen LogP contribution >= 0.6 is 11.3 Å². The smallest absolute Gasteiger partial charge is 0.385 e. The maximum absolute atomic E-state index is 12.2. The van der Waals surface area contributed by atoms with Crippen LogP contribution in [0.2, 0.25) is 0 Å². The predicted molar refractivity (Wildman–Crippen MR) is 131 cm³/mol. The van der Waals surface area contributed by atoms with E-state index in [0.717, 1.165) is 36.5 Å². The van der Waals surface area contributed by atoms with Gasteiger partial charge in [-0.3, -0.25) is 4.79 Å². The monoisotopic (exact) mass is 512 g/mol. The Bertz CT molecular complexity index is 1410. The Hall–Kier alpha value is -3.33. The first-order chi connectivity index (χ1) is 16.7. The number of rotatable bonds is 7. The predicted octanol–water partition coefficient (Wildman–Crippen LogP) is 4.31. The van der Waals surface area contributed by atoms with Crippen molar-refractivity contribution in [1.29, 1.82) is 5.26 Å². The third kappa shape index (κ3) is 5.51. The van der Waals surface area contributed by atoms with Gasteiger partial charge in [-0.15, -0.1) is 10.2 Å². The van der Waals surface area contributed by atoms with Crippen molar-refractivity contribution in [2.45, 2.75) is 52.2 Å². The van der Waals surface area contributed by atoms with Gasteiger partial charge < -0.3 is 8.92 Å². The summed E-state index contributed by atoms with van der Waals surface area (Å²) < 4.78 is 37.1. The highest BCUT2D eigenvalue weighted by atomic mass is 32.2. The molecule has 1 unspecified atom stereocenters. The zero-order chi connectivity index (χ0) is 25.2. The third-order valence-electron chi connectivity index (χ3n) is 5.41. The minimum Gasteiger partial charge on any atom is -0.490 e. The molecule has 0 saturated heterocycles. The summed E-state index contributed by atoms with van der Waals surface area (Å²) in [6.45, 7) is 4.84. The highest BCUT2D eigenvalue weighted by molar-refractivity contribution is 7.85. The second-order valence-electron chi connectivity index (χ2n) is 8.33. The van der Waals surface area contributed by atoms with Crippen LogP contribution in [0, 0.1) is 11.3 Å². The number of aromatic nitrogens is 2. The molecule has 3 aromatic rings. The molecule has 11 heteroatoms. The molecule has 35 heavy (non-hydrogen) atoms. The summed E-state index contributed by atoms with van der Waals surface area (Å²) in [7, 11) is -4.22. The highest BCUT2D eigenvalue weighted by Crippen LogP contribution is 2.40. The van der Waals surface area contributed by atoms with Gasteiger partial charge in [0, 0.05) is 18.1 Å². The standard InChI is InChI=1S/C24H24N4O5S2/c1-14(2)32-22-12-6-10-19(20(22)13-25)24-27-26-23(34-24)18-9-4-8-17-16(18)7-5-11-21(17)28-35(30,31)33-15(3)29/h4,6,8-10,12,14,21,28H,5,7,11H2,1-3H3. The minimum absolute atomic E-state index is 0.0793. The Morgan fingerprint density at radius 1 is 1.17 bits per heavy atom. The average Bonchev–Trinajstić information content (AvgIpc) is 3.27. The number of carbonyl (C=O) groups excluding carboxylic acids is 1. The fourth-order valence-electron chi connectivity index (χ4n) is 4.14. The molecule has 0 spiro atoms. The number of nitrogens with zero attached hydrogens (tertiary/aromatic N) is 3. The molecule has 0 fully saturated rings. The van der Waals surface area contributed by atoms with Gasteiger partial charge in [-0.05, 0) is 50.3 Å². The van der Waals surface area contributed by atoms with Crippen molar-refractivity contribution in [2.24, 2.45) is 0 Å². The van der Waals surface area contributed by atoms with Gasteiger partial charge in [0.15, 0.2) is 0 Å². The number of fused-ring (bicyclic) bond motifs is 1. The van der Waals surface area contributed by atoms with Crippen LogP contribution in [0.15, 0.2) is 36.4 Å². The zero-order valence-corrected chi connectivity index (χ0v) is 21.1. The van der Waals surface area contributed by atoms with Crippen molar-refractivity contribution in [3.8, 4) is 33.0 Å². The lowest BCUT2D eigenvalue weighted by atomic mass is 9.85. The van der Waals surface area contributed by atoms with Crippen LogP contribution in [0.3, 0.4) is 0 Å². The van der Waals surface area contributed by atoms with Crippen LogP contribution in [0.25, 0.3) is 21.1 Å². The Kier molecular flexibility index (Phi) is 7.16. The summed E-state index contributed by atoms with van der Waals surface area (Å²) in [5, 5.41) is 19.8. The van der Waals surface area contributed by atoms with E-state index in [1.807, 2.05) is 44.2 Å². The van der Waals surface area contributed by atoms with E-state index in [1.54, 1.807) is 6.07 Å². The van der Waals surface area contributed by atoms with E-state index >= 15 is 0 Å². The van der Waals surface area contributed by atoms with Crippen molar-refractivity contribution >= 4 is 27.6 Å². The Labute approximate surface area is 208 Å². The maximum Gasteiger partial charge on any atom is 0.385 e. The van der Waals surface area contributed by atoms with E-state index in [9.17, 15) is 18.5 Å². The molecule has 2 aromatic carbocycles. The number of carbonyl (C=O) groups is 1. The molecule has 1 aromatic heterocycles. The van der Waals surface area contributed by atoms with Crippen LogP contribution in [-0.4, -0.2) is 30.7 Å². The largest absolute Gasteiger partial charge is 0.490 e. The molecular weight excluding hydrogens is 488 g/mol. The molecule has 1 N–H and O–H groups in total. The molecule has 1 heterocycles. The molecule has 0 amide bonds. The van der Waals surface area contributed by atoms with Crippen molar-refractivity contribution in [3.63, 3.8) is 0 Å². The van der Waals surface area contributed by atoms with Crippen molar-refractivity contribution in [2.75, 3.05) is 0 Å². The van der Waals surface area contributed by atoms with Crippen LogP contribution in [0.1, 0.15) is 56.3 Å². The minimum atomic E-state index is -4.22. The first-order valence-electron chi connectivity index (χ1n) is 11.1. The van der Waals surface area contributed by atoms with E-state index < -0.39 is 22.3 Å². The van der Waals surface area contributed by atoms with Gasteiger partial charge in [-0.25, -0.2) is 0 Å². The van der Waals surface area contributed by atoms with E-state index in [4.69, 9.17) is 4.74 Å². The van der Waals surface area contributed by atoms with Crippen LogP contribution in [0.5, 0.6) is 5.75 Å². The Balaban J connectivity index is 1.69. The number of ether oxygens (including phenoxy) is 1. The normalized spacial score (nSPS) is 15.3. The van der Waals surface area contributed by atoms with Crippen LogP contribution < -0.4 is 9.46 Å². The first kappa shape index (κ1) is 24.8. The van der Waals surface area contributed by atoms with Gasteiger partial charge in [0.25, 0.3) is 0 Å². The maximum atomic E-state index is 12.2. The molecule has 9 nitrogen and oxygen atoms in total. The van der Waals surface area contributed by atoms with E-state index in [0.29, 0.717) is 33.3 Å². The average molecular weight is 513 g/mol. The van der Waals surface area contributed by atoms with E-state index in [-0.39, 0.29) is 6.10 Å². The molecule has 1 aliphatic carbocycles. The van der Waals surface area contributed by atoms with Gasteiger partial charge in [0.05, 0.1) is 12.1 Å². The van der Waals surface area contributed by atoms with Gasteiger partial charge in [0.1, 0.15) is 27.4 Å². The quantitative estimate of drug-likeness (QED) is 0.495. The van der Waals surface area contributed by atoms with Crippen molar-refractivity contribution in [1.82, 2.24) is 14.9 Å². The third-order valence-corrected chi connectivity index (χ3v) is 7.42. The zero-order valence-electron chi connectivity index (χ0n) is 19.4. The fraction of sp³-hybridized carbons (Fsp3) is 0.333. The molecule has 0 bridgehead atoms. The van der Waals surface area contributed by atoms with Crippen molar-refractivity contribution < 1.29 is 22.1 Å². The Morgan fingerprint density at radius 2 is 1.86 bits per heavy atom. The number of benzene rings is 2.